The van der Waals surface area contributed by atoms with Crippen molar-refractivity contribution in [1.29, 1.82) is 0 Å². The number of urea groups is 1. The predicted octanol–water partition coefficient (Wildman–Crippen LogP) is 0.132. The molecule has 0 saturated carbocycles. The van der Waals surface area contributed by atoms with Gasteiger partial charge in [0.2, 0.25) is 5.91 Å². The van der Waals surface area contributed by atoms with Crippen LogP contribution in [0.1, 0.15) is 24.8 Å². The van der Waals surface area contributed by atoms with Gasteiger partial charge in [-0.1, -0.05) is 30.3 Å². The van der Waals surface area contributed by atoms with Crippen molar-refractivity contribution in [3.63, 3.8) is 0 Å². The van der Waals surface area contributed by atoms with Crippen LogP contribution in [-0.2, 0) is 16.0 Å². The Labute approximate surface area is 135 Å². The van der Waals surface area contributed by atoms with Crippen LogP contribution in [0.15, 0.2) is 30.3 Å². The van der Waals surface area contributed by atoms with Crippen molar-refractivity contribution in [3.8, 4) is 0 Å². The van der Waals surface area contributed by atoms with Gasteiger partial charge in [0.05, 0.1) is 0 Å². The SMILES string of the molecule is NCCCC[C@@H]1NC(=O)N([C@@H](Cc2ccccc2)C(N)=O)C1=O. The first-order chi connectivity index (χ1) is 11.0. The number of nitrogens with one attached hydrogen (secondary N) is 1. The minimum absolute atomic E-state index is 0.213. The van der Waals surface area contributed by atoms with Gasteiger partial charge >= 0.3 is 6.03 Å². The van der Waals surface area contributed by atoms with E-state index in [1.54, 1.807) is 0 Å². The molecule has 1 aromatic rings. The number of nitrogens with zero attached hydrogens (tertiary/aromatic N) is 1. The van der Waals surface area contributed by atoms with E-state index in [0.29, 0.717) is 13.0 Å². The standard InChI is InChI=1S/C16H22N4O3/c17-9-5-4-8-12-15(22)20(16(23)19-12)13(14(18)21)10-11-6-2-1-3-7-11/h1-3,6-7,12-13H,4-5,8-10,17H2,(H2,18,21)(H,19,23)/t12-,13-/m0/s1. The number of rotatable bonds is 8. The average Bonchev–Trinajstić information content (AvgIpc) is 2.80. The Morgan fingerprint density at radius 1 is 1.22 bits per heavy atom. The summed E-state index contributed by atoms with van der Waals surface area (Å²) in [4.78, 5) is 37.3. The number of benzene rings is 1. The molecule has 2 atom stereocenters. The first-order valence-corrected chi connectivity index (χ1v) is 7.71. The van der Waals surface area contributed by atoms with E-state index in [-0.39, 0.29) is 6.42 Å². The van der Waals surface area contributed by atoms with Crippen molar-refractivity contribution in [3.05, 3.63) is 35.9 Å². The average molecular weight is 318 g/mol. The maximum Gasteiger partial charge on any atom is 0.325 e. The van der Waals surface area contributed by atoms with Gasteiger partial charge in [0.25, 0.3) is 5.91 Å². The van der Waals surface area contributed by atoms with Gasteiger partial charge in [-0.2, -0.15) is 0 Å². The zero-order chi connectivity index (χ0) is 16.8. The van der Waals surface area contributed by atoms with Crippen LogP contribution in [0.5, 0.6) is 0 Å². The minimum Gasteiger partial charge on any atom is -0.368 e. The number of unbranched alkanes of at least 4 members (excludes halogenated alkanes) is 1. The Kier molecular flexibility index (Phi) is 5.70. The fourth-order valence-corrected chi connectivity index (χ4v) is 2.69. The van der Waals surface area contributed by atoms with Crippen LogP contribution >= 0.6 is 0 Å². The summed E-state index contributed by atoms with van der Waals surface area (Å²) in [6, 6.07) is 7.01. The van der Waals surface area contributed by atoms with Crippen molar-refractivity contribution in [2.75, 3.05) is 6.54 Å². The van der Waals surface area contributed by atoms with Crippen LogP contribution in [0.2, 0.25) is 0 Å². The molecule has 0 unspecified atom stereocenters. The van der Waals surface area contributed by atoms with Gasteiger partial charge in [0, 0.05) is 6.42 Å². The molecular weight excluding hydrogens is 296 g/mol. The molecule has 1 heterocycles. The highest BCUT2D eigenvalue weighted by Gasteiger charge is 2.43. The number of hydrogen-bond acceptors (Lipinski definition) is 4. The van der Waals surface area contributed by atoms with Gasteiger partial charge in [0.1, 0.15) is 12.1 Å². The lowest BCUT2D eigenvalue weighted by molar-refractivity contribution is -0.134. The largest absolute Gasteiger partial charge is 0.368 e. The first kappa shape index (κ1) is 17.0. The summed E-state index contributed by atoms with van der Waals surface area (Å²) >= 11 is 0. The van der Waals surface area contributed by atoms with Crippen molar-refractivity contribution in [1.82, 2.24) is 10.2 Å². The van der Waals surface area contributed by atoms with Crippen LogP contribution in [-0.4, -0.2) is 41.4 Å². The van der Waals surface area contributed by atoms with Gasteiger partial charge in [-0.25, -0.2) is 9.69 Å². The summed E-state index contributed by atoms with van der Waals surface area (Å²) in [6.07, 6.45) is 2.24. The number of hydrogen-bond donors (Lipinski definition) is 3. The molecule has 0 bridgehead atoms. The molecule has 23 heavy (non-hydrogen) atoms. The lowest BCUT2D eigenvalue weighted by atomic mass is 10.0. The topological polar surface area (TPSA) is 119 Å². The van der Waals surface area contributed by atoms with Crippen LogP contribution in [0.3, 0.4) is 0 Å². The maximum absolute atomic E-state index is 12.4. The summed E-state index contributed by atoms with van der Waals surface area (Å²) in [6.45, 7) is 0.538. The number of carbonyl (C=O) groups is 3. The second-order valence-electron chi connectivity index (χ2n) is 5.60. The summed E-state index contributed by atoms with van der Waals surface area (Å²) in [5.74, 6) is -1.09. The molecule has 124 valence electrons. The number of imide groups is 1. The molecule has 1 aromatic carbocycles. The number of amides is 4. The van der Waals surface area contributed by atoms with Gasteiger partial charge in [-0.05, 0) is 31.4 Å². The summed E-state index contributed by atoms with van der Waals surface area (Å²) in [7, 11) is 0. The van der Waals surface area contributed by atoms with E-state index < -0.39 is 29.9 Å². The van der Waals surface area contributed by atoms with E-state index in [1.165, 1.54) is 0 Å². The molecular formula is C16H22N4O3. The zero-order valence-electron chi connectivity index (χ0n) is 12.9. The highest BCUT2D eigenvalue weighted by molar-refractivity contribution is 6.07. The van der Waals surface area contributed by atoms with Crippen molar-refractivity contribution in [2.24, 2.45) is 11.5 Å². The molecule has 1 fully saturated rings. The van der Waals surface area contributed by atoms with Crippen molar-refractivity contribution >= 4 is 17.8 Å². The van der Waals surface area contributed by atoms with E-state index in [1.807, 2.05) is 30.3 Å². The molecule has 0 aromatic heterocycles. The van der Waals surface area contributed by atoms with Crippen LogP contribution in [0.25, 0.3) is 0 Å². The van der Waals surface area contributed by atoms with E-state index >= 15 is 0 Å². The minimum atomic E-state index is -0.982. The van der Waals surface area contributed by atoms with E-state index in [9.17, 15) is 14.4 Å². The van der Waals surface area contributed by atoms with E-state index in [0.717, 1.165) is 23.3 Å². The van der Waals surface area contributed by atoms with Gasteiger partial charge in [-0.3, -0.25) is 9.59 Å². The summed E-state index contributed by atoms with van der Waals surface area (Å²) in [5, 5.41) is 2.62. The Hall–Kier alpha value is -2.41. The molecule has 0 spiro atoms. The third-order valence-electron chi connectivity index (χ3n) is 3.91. The number of carbonyl (C=O) groups excluding carboxylic acids is 3. The Morgan fingerprint density at radius 3 is 2.52 bits per heavy atom. The fraction of sp³-hybridized carbons (Fsp3) is 0.438. The predicted molar refractivity (Wildman–Crippen MR) is 85.2 cm³/mol. The highest BCUT2D eigenvalue weighted by atomic mass is 16.2. The maximum atomic E-state index is 12.4. The number of nitrogens with two attached hydrogens (primary N) is 2. The zero-order valence-corrected chi connectivity index (χ0v) is 12.9. The third-order valence-corrected chi connectivity index (χ3v) is 3.91. The Morgan fingerprint density at radius 2 is 1.91 bits per heavy atom. The second-order valence-corrected chi connectivity index (χ2v) is 5.60. The molecule has 7 heteroatoms. The number of primary amides is 1. The molecule has 1 aliphatic heterocycles. The molecule has 0 aliphatic carbocycles. The molecule has 1 saturated heterocycles. The van der Waals surface area contributed by atoms with E-state index in [2.05, 4.69) is 5.32 Å². The Balaban J connectivity index is 2.11. The monoisotopic (exact) mass is 318 g/mol. The summed E-state index contributed by atoms with van der Waals surface area (Å²) < 4.78 is 0. The lowest BCUT2D eigenvalue weighted by Gasteiger charge is -2.22. The van der Waals surface area contributed by atoms with Gasteiger partial charge < -0.3 is 16.8 Å². The molecule has 1 aliphatic rings. The first-order valence-electron chi connectivity index (χ1n) is 7.71. The molecule has 2 rings (SSSR count). The normalized spacial score (nSPS) is 18.8. The van der Waals surface area contributed by atoms with Crippen molar-refractivity contribution < 1.29 is 14.4 Å². The molecule has 5 N–H and O–H groups in total. The van der Waals surface area contributed by atoms with Gasteiger partial charge in [-0.15, -0.1) is 0 Å². The second kappa shape index (κ2) is 7.73. The van der Waals surface area contributed by atoms with Gasteiger partial charge in [0.15, 0.2) is 0 Å². The highest BCUT2D eigenvalue weighted by Crippen LogP contribution is 2.18. The fourth-order valence-electron chi connectivity index (χ4n) is 2.69. The smallest absolute Gasteiger partial charge is 0.325 e. The molecule has 7 nitrogen and oxygen atoms in total. The van der Waals surface area contributed by atoms with Crippen LogP contribution in [0, 0.1) is 0 Å². The van der Waals surface area contributed by atoms with Crippen LogP contribution in [0.4, 0.5) is 4.79 Å². The molecule has 4 amide bonds. The van der Waals surface area contributed by atoms with Crippen LogP contribution < -0.4 is 16.8 Å². The van der Waals surface area contributed by atoms with E-state index in [4.69, 9.17) is 11.5 Å². The quantitative estimate of drug-likeness (QED) is 0.466. The summed E-state index contributed by atoms with van der Waals surface area (Å²) in [5.41, 5.74) is 11.7. The molecule has 0 radical (unpaired) electrons. The Bertz CT molecular complexity index is 576. The third kappa shape index (κ3) is 4.07. The van der Waals surface area contributed by atoms with Crippen molar-refractivity contribution in [2.45, 2.75) is 37.8 Å². The lowest BCUT2D eigenvalue weighted by Crippen LogP contribution is -2.49.